The zero-order valence-electron chi connectivity index (χ0n) is 17.7. The largest absolute Gasteiger partial charge is 0.368 e. The van der Waals surface area contributed by atoms with Crippen LogP contribution in [0.4, 0.5) is 17.1 Å². The van der Waals surface area contributed by atoms with E-state index in [0.29, 0.717) is 42.5 Å². The molecule has 0 aromatic heterocycles. The molecule has 0 spiro atoms. The summed E-state index contributed by atoms with van der Waals surface area (Å²) < 4.78 is 0. The highest BCUT2D eigenvalue weighted by molar-refractivity contribution is 6.31. The summed E-state index contributed by atoms with van der Waals surface area (Å²) in [4.78, 5) is 30.3. The molecule has 0 saturated carbocycles. The Labute approximate surface area is 187 Å². The van der Waals surface area contributed by atoms with Gasteiger partial charge in [0.05, 0.1) is 4.92 Å². The van der Waals surface area contributed by atoms with Crippen LogP contribution in [0.3, 0.4) is 0 Å². The number of carbonyl (C=O) groups is 1. The van der Waals surface area contributed by atoms with Gasteiger partial charge in [0, 0.05) is 61.6 Å². The summed E-state index contributed by atoms with van der Waals surface area (Å²) >= 11 is 6.18. The number of benzene rings is 2. The lowest BCUT2D eigenvalue weighted by molar-refractivity contribution is -0.384. The molecule has 0 unspecified atom stereocenters. The number of aryl methyl sites for hydroxylation is 1. The van der Waals surface area contributed by atoms with Gasteiger partial charge >= 0.3 is 0 Å². The van der Waals surface area contributed by atoms with E-state index in [-0.39, 0.29) is 16.5 Å². The highest BCUT2D eigenvalue weighted by Gasteiger charge is 2.26. The fourth-order valence-electron chi connectivity index (χ4n) is 4.33. The number of anilines is 2. The number of halogens is 1. The summed E-state index contributed by atoms with van der Waals surface area (Å²) in [5.74, 6) is -0.0146. The van der Waals surface area contributed by atoms with Crippen molar-refractivity contribution in [1.82, 2.24) is 4.90 Å². The Kier molecular flexibility index (Phi) is 6.32. The quantitative estimate of drug-likeness (QED) is 0.514. The topological polar surface area (TPSA) is 69.9 Å². The van der Waals surface area contributed by atoms with Crippen molar-refractivity contribution in [3.05, 3.63) is 62.7 Å². The Morgan fingerprint density at radius 3 is 2.29 bits per heavy atom. The smallest absolute Gasteiger partial charge is 0.292 e. The number of piperidine rings is 1. The molecule has 2 heterocycles. The van der Waals surface area contributed by atoms with Crippen LogP contribution in [0.15, 0.2) is 36.4 Å². The fraction of sp³-hybridized carbons (Fsp3) is 0.435. The Bertz CT molecular complexity index is 983. The van der Waals surface area contributed by atoms with E-state index < -0.39 is 0 Å². The summed E-state index contributed by atoms with van der Waals surface area (Å²) in [5.41, 5.74) is 3.39. The van der Waals surface area contributed by atoms with Crippen LogP contribution in [-0.4, -0.2) is 55.0 Å². The molecule has 2 aliphatic heterocycles. The van der Waals surface area contributed by atoms with Crippen LogP contribution in [0.5, 0.6) is 0 Å². The first-order valence-electron chi connectivity index (χ1n) is 10.8. The lowest BCUT2D eigenvalue weighted by atomic mass is 10.1. The molecular weight excluding hydrogens is 416 g/mol. The number of hydrogen-bond donors (Lipinski definition) is 0. The molecule has 4 rings (SSSR count). The molecule has 2 aliphatic rings. The van der Waals surface area contributed by atoms with Gasteiger partial charge in [0.15, 0.2) is 0 Å². The van der Waals surface area contributed by atoms with E-state index >= 15 is 0 Å². The van der Waals surface area contributed by atoms with Crippen LogP contribution in [0.25, 0.3) is 0 Å². The van der Waals surface area contributed by atoms with Gasteiger partial charge in [-0.2, -0.15) is 0 Å². The van der Waals surface area contributed by atoms with Crippen LogP contribution < -0.4 is 9.80 Å². The maximum absolute atomic E-state index is 12.9. The standard InChI is InChI=1S/C23H27ClN4O3/c1-17-5-6-18(15-20(17)24)23(29)27-13-11-25(12-14-27)19-7-8-21(28(30)31)22(16-19)26-9-3-2-4-10-26/h5-8,15-16H,2-4,9-14H2,1H3. The van der Waals surface area contributed by atoms with Crippen molar-refractivity contribution in [2.75, 3.05) is 49.1 Å². The minimum absolute atomic E-state index is 0.0146. The lowest BCUT2D eigenvalue weighted by Gasteiger charge is -2.37. The Morgan fingerprint density at radius 1 is 0.935 bits per heavy atom. The van der Waals surface area contributed by atoms with E-state index in [0.717, 1.165) is 37.2 Å². The van der Waals surface area contributed by atoms with Gasteiger partial charge in [-0.05, 0) is 56.0 Å². The Morgan fingerprint density at radius 2 is 1.65 bits per heavy atom. The van der Waals surface area contributed by atoms with Gasteiger partial charge in [-0.15, -0.1) is 0 Å². The van der Waals surface area contributed by atoms with E-state index in [4.69, 9.17) is 11.6 Å². The predicted molar refractivity (Wildman–Crippen MR) is 123 cm³/mol. The number of piperazine rings is 1. The zero-order valence-corrected chi connectivity index (χ0v) is 18.5. The molecule has 1 amide bonds. The Balaban J connectivity index is 1.47. The molecule has 7 nitrogen and oxygen atoms in total. The lowest BCUT2D eigenvalue weighted by Crippen LogP contribution is -2.48. The molecule has 2 saturated heterocycles. The second kappa shape index (κ2) is 9.14. The summed E-state index contributed by atoms with van der Waals surface area (Å²) in [5, 5.41) is 12.2. The van der Waals surface area contributed by atoms with E-state index in [1.165, 1.54) is 6.42 Å². The van der Waals surface area contributed by atoms with Crippen molar-refractivity contribution in [2.45, 2.75) is 26.2 Å². The third kappa shape index (κ3) is 4.61. The molecule has 0 aliphatic carbocycles. The SMILES string of the molecule is Cc1ccc(C(=O)N2CCN(c3ccc([N+](=O)[O-])c(N4CCCCC4)c3)CC2)cc1Cl. The molecule has 0 bridgehead atoms. The first kappa shape index (κ1) is 21.4. The van der Waals surface area contributed by atoms with Gasteiger partial charge in [-0.1, -0.05) is 17.7 Å². The van der Waals surface area contributed by atoms with Gasteiger partial charge in [-0.3, -0.25) is 14.9 Å². The summed E-state index contributed by atoms with van der Waals surface area (Å²) in [7, 11) is 0. The number of nitro groups is 1. The van der Waals surface area contributed by atoms with Crippen molar-refractivity contribution in [3.63, 3.8) is 0 Å². The van der Waals surface area contributed by atoms with Crippen LogP contribution >= 0.6 is 11.6 Å². The summed E-state index contributed by atoms with van der Waals surface area (Å²) in [6.07, 6.45) is 3.29. The summed E-state index contributed by atoms with van der Waals surface area (Å²) in [6, 6.07) is 10.8. The number of nitro benzene ring substituents is 1. The van der Waals surface area contributed by atoms with Crippen molar-refractivity contribution < 1.29 is 9.72 Å². The van der Waals surface area contributed by atoms with Crippen molar-refractivity contribution >= 4 is 34.6 Å². The number of carbonyl (C=O) groups excluding carboxylic acids is 1. The minimum Gasteiger partial charge on any atom is -0.368 e. The van der Waals surface area contributed by atoms with E-state index in [9.17, 15) is 14.9 Å². The molecule has 2 aromatic rings. The molecule has 2 aromatic carbocycles. The molecule has 0 atom stereocenters. The van der Waals surface area contributed by atoms with E-state index in [1.54, 1.807) is 12.1 Å². The average Bonchev–Trinajstić information content (AvgIpc) is 2.80. The fourth-order valence-corrected chi connectivity index (χ4v) is 4.51. The van der Waals surface area contributed by atoms with Crippen molar-refractivity contribution in [3.8, 4) is 0 Å². The monoisotopic (exact) mass is 442 g/mol. The number of amides is 1. The van der Waals surface area contributed by atoms with Crippen LogP contribution in [0.1, 0.15) is 35.2 Å². The Hall–Kier alpha value is -2.80. The van der Waals surface area contributed by atoms with Crippen LogP contribution in [0, 0.1) is 17.0 Å². The van der Waals surface area contributed by atoms with Crippen LogP contribution in [-0.2, 0) is 0 Å². The molecule has 2 fully saturated rings. The average molecular weight is 443 g/mol. The zero-order chi connectivity index (χ0) is 22.0. The third-order valence-electron chi connectivity index (χ3n) is 6.20. The normalized spacial score (nSPS) is 17.0. The second-order valence-electron chi connectivity index (χ2n) is 8.22. The predicted octanol–water partition coefficient (Wildman–Crippen LogP) is 4.51. The highest BCUT2D eigenvalue weighted by atomic mass is 35.5. The van der Waals surface area contributed by atoms with Gasteiger partial charge in [0.25, 0.3) is 11.6 Å². The number of nitrogens with zero attached hydrogens (tertiary/aromatic N) is 4. The third-order valence-corrected chi connectivity index (χ3v) is 6.61. The number of hydrogen-bond acceptors (Lipinski definition) is 5. The molecule has 8 heteroatoms. The first-order chi connectivity index (χ1) is 14.9. The molecular formula is C23H27ClN4O3. The van der Waals surface area contributed by atoms with E-state index in [1.807, 2.05) is 36.1 Å². The minimum atomic E-state index is -0.295. The molecule has 164 valence electrons. The maximum Gasteiger partial charge on any atom is 0.292 e. The van der Waals surface area contributed by atoms with Crippen molar-refractivity contribution in [1.29, 1.82) is 0 Å². The molecule has 0 radical (unpaired) electrons. The highest BCUT2D eigenvalue weighted by Crippen LogP contribution is 2.34. The van der Waals surface area contributed by atoms with Crippen LogP contribution in [0.2, 0.25) is 5.02 Å². The van der Waals surface area contributed by atoms with Gasteiger partial charge in [0.1, 0.15) is 5.69 Å². The van der Waals surface area contributed by atoms with Gasteiger partial charge < -0.3 is 14.7 Å². The van der Waals surface area contributed by atoms with Gasteiger partial charge in [0.2, 0.25) is 0 Å². The maximum atomic E-state index is 12.9. The molecule has 31 heavy (non-hydrogen) atoms. The second-order valence-corrected chi connectivity index (χ2v) is 8.63. The first-order valence-corrected chi connectivity index (χ1v) is 11.2. The summed E-state index contributed by atoms with van der Waals surface area (Å²) in [6.45, 7) is 6.18. The van der Waals surface area contributed by atoms with Gasteiger partial charge in [-0.25, -0.2) is 0 Å². The number of rotatable bonds is 4. The van der Waals surface area contributed by atoms with Crippen molar-refractivity contribution in [2.24, 2.45) is 0 Å². The molecule has 0 N–H and O–H groups in total. The van der Waals surface area contributed by atoms with E-state index in [2.05, 4.69) is 9.80 Å².